The smallest absolute Gasteiger partial charge is 0.0195 e. The molecule has 1 unspecified atom stereocenters. The Balaban J connectivity index is 0. The molecule has 0 aliphatic carbocycles. The largest absolute Gasteiger partial charge is 0.153 e. The second kappa shape index (κ2) is 9.30. The summed E-state index contributed by atoms with van der Waals surface area (Å²) in [6.45, 7) is 1.89. The van der Waals surface area contributed by atoms with Gasteiger partial charge in [0.1, 0.15) is 0 Å². The molecule has 0 amide bonds. The molecular formula is C2H8ClP. The Bertz CT molecular complexity index is 6.00. The van der Waals surface area contributed by atoms with Crippen LogP contribution in [0.15, 0.2) is 0 Å². The molecule has 0 saturated carbocycles. The van der Waals surface area contributed by atoms with E-state index in [1.807, 2.05) is 6.92 Å². The zero-order valence-electron chi connectivity index (χ0n) is 2.79. The van der Waals surface area contributed by atoms with E-state index >= 15 is 0 Å². The van der Waals surface area contributed by atoms with Crippen LogP contribution in [0.3, 0.4) is 0 Å². The van der Waals surface area contributed by atoms with Crippen molar-refractivity contribution < 1.29 is 0 Å². The Morgan fingerprint density at radius 1 is 1.75 bits per heavy atom. The Labute approximate surface area is 35.2 Å². The van der Waals surface area contributed by atoms with Crippen LogP contribution in [-0.2, 0) is 0 Å². The molecular weight excluding hydrogens is 90.4 g/mol. The summed E-state index contributed by atoms with van der Waals surface area (Å²) in [4.78, 5) is 0. The number of rotatable bonds is 0. The minimum absolute atomic E-state index is 0. The van der Waals surface area contributed by atoms with Gasteiger partial charge in [-0.2, -0.15) is 9.90 Å². The normalized spacial score (nSPS) is 4.50. The Kier molecular flexibility index (Phi) is 20.5. The predicted octanol–water partition coefficient (Wildman–Crippen LogP) is 1.30. The van der Waals surface area contributed by atoms with E-state index < -0.39 is 0 Å². The average Bonchev–Trinajstić information content (AvgIpc) is 0.918. The van der Waals surface area contributed by atoms with Crippen LogP contribution in [0, 0.1) is 0 Å². The van der Waals surface area contributed by atoms with Gasteiger partial charge >= 0.3 is 0 Å². The van der Waals surface area contributed by atoms with E-state index in [9.17, 15) is 0 Å². The van der Waals surface area contributed by atoms with Crippen molar-refractivity contribution >= 4 is 21.5 Å². The summed E-state index contributed by atoms with van der Waals surface area (Å²) in [6.07, 6.45) is 0. The summed E-state index contributed by atoms with van der Waals surface area (Å²) in [5, 5.41) is 0. The van der Waals surface area contributed by atoms with Crippen molar-refractivity contribution in [3.05, 3.63) is 0 Å². The van der Waals surface area contributed by atoms with Gasteiger partial charge in [-0.05, 0) is 0 Å². The zero-order chi connectivity index (χ0) is 2.71. The third kappa shape index (κ3) is 15.5. The van der Waals surface area contributed by atoms with Gasteiger partial charge in [-0.25, -0.2) is 0 Å². The fourth-order valence-corrected chi connectivity index (χ4v) is 0. The highest BCUT2D eigenvalue weighted by molar-refractivity contribution is 6.92. The lowest BCUT2D eigenvalue weighted by atomic mass is 11.0. The van der Waals surface area contributed by atoms with Crippen molar-refractivity contribution in [2.45, 2.75) is 6.92 Å². The van der Waals surface area contributed by atoms with Crippen LogP contribution < -0.4 is 0 Å². The van der Waals surface area contributed by atoms with Crippen LogP contribution >= 0.6 is 21.5 Å². The maximum atomic E-state index is 5.00. The van der Waals surface area contributed by atoms with Gasteiger partial charge in [-0.1, -0.05) is 6.92 Å². The molecule has 4 heavy (non-hydrogen) atoms. The van der Waals surface area contributed by atoms with Crippen LogP contribution in [0.25, 0.3) is 0 Å². The van der Waals surface area contributed by atoms with E-state index in [0.29, 0.717) is 0 Å². The molecule has 0 bridgehead atoms. The van der Waals surface area contributed by atoms with Crippen molar-refractivity contribution in [1.82, 2.24) is 0 Å². The first-order valence-corrected chi connectivity index (χ1v) is 1.51. The van der Waals surface area contributed by atoms with Gasteiger partial charge in [-0.15, -0.1) is 11.6 Å². The maximum Gasteiger partial charge on any atom is 0.0195 e. The number of alkyl halides is 1. The third-order valence-corrected chi connectivity index (χ3v) is 0. The van der Waals surface area contributed by atoms with E-state index in [2.05, 4.69) is 0 Å². The molecule has 0 N–H and O–H groups in total. The number of hydrogen-bond donors (Lipinski definition) is 0. The van der Waals surface area contributed by atoms with Crippen molar-refractivity contribution in [3.63, 3.8) is 0 Å². The molecule has 0 rings (SSSR count). The van der Waals surface area contributed by atoms with E-state index in [0.717, 1.165) is 5.88 Å². The molecule has 0 aliphatic heterocycles. The molecule has 0 heterocycles. The highest BCUT2D eigenvalue weighted by atomic mass is 35.5. The number of hydrogen-bond acceptors (Lipinski definition) is 0. The molecule has 1 atom stereocenters. The summed E-state index contributed by atoms with van der Waals surface area (Å²) in [6, 6.07) is 0. The highest BCUT2D eigenvalue weighted by Gasteiger charge is 1.38. The average molecular weight is 98.5 g/mol. The van der Waals surface area contributed by atoms with Crippen LogP contribution in [0.5, 0.6) is 0 Å². The minimum Gasteiger partial charge on any atom is -0.153 e. The van der Waals surface area contributed by atoms with E-state index in [1.165, 1.54) is 0 Å². The first-order chi connectivity index (χ1) is 1.41. The van der Waals surface area contributed by atoms with E-state index in [1.54, 1.807) is 0 Å². The maximum absolute atomic E-state index is 5.00. The fraction of sp³-hybridized carbons (Fsp3) is 1.00. The minimum atomic E-state index is 0. The topological polar surface area (TPSA) is 0 Å². The third-order valence-electron chi connectivity index (χ3n) is 0. The lowest BCUT2D eigenvalue weighted by Gasteiger charge is -1.45. The summed E-state index contributed by atoms with van der Waals surface area (Å²) in [5.74, 6) is 0.722. The second-order valence-corrected chi connectivity index (χ2v) is 0.802. The van der Waals surface area contributed by atoms with Gasteiger partial charge < -0.3 is 0 Å². The molecule has 0 radical (unpaired) electrons. The van der Waals surface area contributed by atoms with Crippen LogP contribution in [-0.4, -0.2) is 5.88 Å². The van der Waals surface area contributed by atoms with Crippen LogP contribution in [0.2, 0.25) is 0 Å². The SMILES string of the molecule is CCCl.P. The van der Waals surface area contributed by atoms with Gasteiger partial charge in [0.2, 0.25) is 0 Å². The van der Waals surface area contributed by atoms with Crippen molar-refractivity contribution in [2.75, 3.05) is 5.88 Å². The van der Waals surface area contributed by atoms with Gasteiger partial charge in [0, 0.05) is 5.88 Å². The fourth-order valence-electron chi connectivity index (χ4n) is 0. The molecule has 2 heteroatoms. The number of halogens is 1. The van der Waals surface area contributed by atoms with Gasteiger partial charge in [-0.3, -0.25) is 0 Å². The molecule has 0 aromatic carbocycles. The summed E-state index contributed by atoms with van der Waals surface area (Å²) in [5.41, 5.74) is 0. The molecule has 0 fully saturated rings. The summed E-state index contributed by atoms with van der Waals surface area (Å²) < 4.78 is 0. The molecule has 0 saturated heterocycles. The molecule has 0 aromatic heterocycles. The summed E-state index contributed by atoms with van der Waals surface area (Å²) in [7, 11) is 0. The van der Waals surface area contributed by atoms with Crippen LogP contribution in [0.4, 0.5) is 0 Å². The lowest BCUT2D eigenvalue weighted by molar-refractivity contribution is 1.51. The monoisotopic (exact) mass is 98.0 g/mol. The predicted molar refractivity (Wildman–Crippen MR) is 27.5 cm³/mol. The quantitative estimate of drug-likeness (QED) is 0.317. The first-order valence-electron chi connectivity index (χ1n) is 0.974. The Hall–Kier alpha value is 0.720. The summed E-state index contributed by atoms with van der Waals surface area (Å²) >= 11 is 5.00. The molecule has 0 aliphatic rings. The van der Waals surface area contributed by atoms with Crippen molar-refractivity contribution in [2.24, 2.45) is 0 Å². The molecule has 28 valence electrons. The molecule has 0 spiro atoms. The van der Waals surface area contributed by atoms with Gasteiger partial charge in [0.25, 0.3) is 0 Å². The van der Waals surface area contributed by atoms with Gasteiger partial charge in [0.05, 0.1) is 0 Å². The Morgan fingerprint density at radius 2 is 1.75 bits per heavy atom. The lowest BCUT2D eigenvalue weighted by Crippen LogP contribution is -1.36. The molecule has 0 aromatic rings. The van der Waals surface area contributed by atoms with E-state index in [-0.39, 0.29) is 9.90 Å². The Morgan fingerprint density at radius 3 is 1.75 bits per heavy atom. The standard InChI is InChI=1S/C2H5Cl.H3P/c1-2-3;/h2H2,1H3;1H3. The second-order valence-electron chi connectivity index (χ2n) is 0.267. The van der Waals surface area contributed by atoms with Gasteiger partial charge in [0.15, 0.2) is 0 Å². The van der Waals surface area contributed by atoms with E-state index in [4.69, 9.17) is 11.6 Å². The van der Waals surface area contributed by atoms with Crippen molar-refractivity contribution in [3.8, 4) is 0 Å². The highest BCUT2D eigenvalue weighted by Crippen LogP contribution is 1.59. The molecule has 0 nitrogen and oxygen atoms in total. The van der Waals surface area contributed by atoms with Crippen molar-refractivity contribution in [1.29, 1.82) is 0 Å². The first kappa shape index (κ1) is 8.83. The zero-order valence-corrected chi connectivity index (χ0v) is 4.96. The van der Waals surface area contributed by atoms with Crippen LogP contribution in [0.1, 0.15) is 6.92 Å².